The SMILES string of the molecule is COc1c(C)c2c(c(C)c1-c1ccc([N+]#N)cc1)OC(=O)CC2(C)C. The number of diazo groups is 1. The second-order valence-electron chi connectivity index (χ2n) is 7.04. The predicted octanol–water partition coefficient (Wildman–Crippen LogP) is 5.05. The summed E-state index contributed by atoms with van der Waals surface area (Å²) in [5.41, 5.74) is 4.82. The van der Waals surface area contributed by atoms with E-state index in [2.05, 4.69) is 18.8 Å². The molecule has 0 saturated carbocycles. The Morgan fingerprint density at radius 2 is 1.80 bits per heavy atom. The van der Waals surface area contributed by atoms with Crippen molar-refractivity contribution in [1.29, 1.82) is 5.39 Å². The quantitative estimate of drug-likeness (QED) is 0.437. The number of hydrogen-bond acceptors (Lipinski definition) is 4. The number of benzene rings is 2. The molecule has 2 aromatic carbocycles. The maximum atomic E-state index is 12.1. The van der Waals surface area contributed by atoms with Crippen LogP contribution in [0.2, 0.25) is 0 Å². The molecule has 25 heavy (non-hydrogen) atoms. The third-order valence-electron chi connectivity index (χ3n) is 4.84. The molecule has 0 aromatic heterocycles. The highest BCUT2D eigenvalue weighted by Gasteiger charge is 2.38. The molecule has 1 heterocycles. The van der Waals surface area contributed by atoms with Crippen molar-refractivity contribution in [2.75, 3.05) is 7.11 Å². The lowest BCUT2D eigenvalue weighted by Crippen LogP contribution is -2.32. The first-order valence-corrected chi connectivity index (χ1v) is 8.18. The zero-order chi connectivity index (χ0) is 18.4. The summed E-state index contributed by atoms with van der Waals surface area (Å²) in [6.07, 6.45) is 0.343. The molecule has 0 aliphatic carbocycles. The predicted molar refractivity (Wildman–Crippen MR) is 95.9 cm³/mol. The van der Waals surface area contributed by atoms with Gasteiger partial charge in [-0.3, -0.25) is 4.79 Å². The summed E-state index contributed by atoms with van der Waals surface area (Å²) >= 11 is 0. The lowest BCUT2D eigenvalue weighted by atomic mass is 9.75. The molecule has 5 heteroatoms. The molecular weight excluding hydrogens is 316 g/mol. The number of rotatable bonds is 2. The van der Waals surface area contributed by atoms with Gasteiger partial charge in [-0.05, 0) is 37.1 Å². The highest BCUT2D eigenvalue weighted by atomic mass is 16.5. The lowest BCUT2D eigenvalue weighted by Gasteiger charge is -2.35. The standard InChI is InChI=1S/C20H21N2O3/c1-11-16(13-6-8-14(22-21)9-7-13)18(24-5)12(2)17-19(11)25-15(23)10-20(17,3)4/h6-9H,10H2,1-5H3/q+1. The molecule has 128 valence electrons. The number of fused-ring (bicyclic) bond motifs is 1. The monoisotopic (exact) mass is 337 g/mol. The van der Waals surface area contributed by atoms with Crippen LogP contribution in [0.1, 0.15) is 37.0 Å². The molecule has 0 unspecified atom stereocenters. The first-order chi connectivity index (χ1) is 11.8. The van der Waals surface area contributed by atoms with Crippen LogP contribution in [-0.4, -0.2) is 13.1 Å². The highest BCUT2D eigenvalue weighted by Crippen LogP contribution is 2.50. The van der Waals surface area contributed by atoms with E-state index in [1.807, 2.05) is 26.0 Å². The molecule has 0 atom stereocenters. The van der Waals surface area contributed by atoms with Crippen LogP contribution >= 0.6 is 0 Å². The molecule has 0 amide bonds. The molecule has 1 aliphatic rings. The van der Waals surface area contributed by atoms with Gasteiger partial charge in [0.2, 0.25) is 5.39 Å². The minimum atomic E-state index is -0.315. The average Bonchev–Trinajstić information content (AvgIpc) is 2.56. The molecule has 5 nitrogen and oxygen atoms in total. The largest absolute Gasteiger partial charge is 0.496 e. The first kappa shape index (κ1) is 17.0. The minimum absolute atomic E-state index is 0.217. The number of nitrogens with zero attached hydrogens (tertiary/aromatic N) is 2. The number of carbonyl (C=O) groups excluding carboxylic acids is 1. The Hall–Kier alpha value is -2.87. The summed E-state index contributed by atoms with van der Waals surface area (Å²) in [4.78, 5) is 15.3. The van der Waals surface area contributed by atoms with E-state index >= 15 is 0 Å². The number of carbonyl (C=O) groups is 1. The van der Waals surface area contributed by atoms with E-state index in [9.17, 15) is 4.79 Å². The molecule has 0 saturated heterocycles. The molecule has 2 aromatic rings. The summed E-state index contributed by atoms with van der Waals surface area (Å²) in [6.45, 7) is 8.04. The van der Waals surface area contributed by atoms with Crippen molar-refractivity contribution in [3.63, 3.8) is 0 Å². The molecule has 1 aliphatic heterocycles. The van der Waals surface area contributed by atoms with Crippen LogP contribution in [0.4, 0.5) is 5.69 Å². The Balaban J connectivity index is 2.34. The fraction of sp³-hybridized carbons (Fsp3) is 0.350. The zero-order valence-electron chi connectivity index (χ0n) is 15.1. The van der Waals surface area contributed by atoms with Gasteiger partial charge in [-0.1, -0.05) is 13.8 Å². The van der Waals surface area contributed by atoms with Gasteiger partial charge in [-0.25, -0.2) is 0 Å². The third-order valence-corrected chi connectivity index (χ3v) is 4.84. The smallest absolute Gasteiger partial charge is 0.385 e. The summed E-state index contributed by atoms with van der Waals surface area (Å²) < 4.78 is 11.4. The van der Waals surface area contributed by atoms with Gasteiger partial charge in [0.1, 0.15) is 11.5 Å². The Morgan fingerprint density at radius 1 is 1.16 bits per heavy atom. The van der Waals surface area contributed by atoms with Crippen molar-refractivity contribution in [3.8, 4) is 22.6 Å². The second kappa shape index (κ2) is 5.89. The van der Waals surface area contributed by atoms with Crippen molar-refractivity contribution >= 4 is 11.7 Å². The molecule has 0 fully saturated rings. The van der Waals surface area contributed by atoms with Gasteiger partial charge in [0.15, 0.2) is 4.98 Å². The van der Waals surface area contributed by atoms with E-state index in [4.69, 9.17) is 14.9 Å². The van der Waals surface area contributed by atoms with Crippen molar-refractivity contribution in [1.82, 2.24) is 0 Å². The van der Waals surface area contributed by atoms with Gasteiger partial charge in [-0.15, -0.1) is 0 Å². The first-order valence-electron chi connectivity index (χ1n) is 8.18. The Morgan fingerprint density at radius 3 is 2.36 bits per heavy atom. The molecule has 0 N–H and O–H groups in total. The Bertz CT molecular complexity index is 906. The highest BCUT2D eigenvalue weighted by molar-refractivity contribution is 5.86. The van der Waals surface area contributed by atoms with Gasteiger partial charge >= 0.3 is 11.7 Å². The van der Waals surface area contributed by atoms with E-state index < -0.39 is 0 Å². The van der Waals surface area contributed by atoms with Crippen molar-refractivity contribution in [2.24, 2.45) is 0 Å². The Kier molecular flexibility index (Phi) is 4.00. The van der Waals surface area contributed by atoms with Crippen LogP contribution in [0, 0.1) is 19.2 Å². The number of methoxy groups -OCH3 is 1. The number of esters is 1. The van der Waals surface area contributed by atoms with Crippen molar-refractivity contribution in [2.45, 2.75) is 39.5 Å². The number of hydrogen-bond donors (Lipinski definition) is 0. The number of ether oxygens (including phenoxy) is 2. The Labute approximate surface area is 147 Å². The van der Waals surface area contributed by atoms with Crippen LogP contribution in [0.3, 0.4) is 0 Å². The van der Waals surface area contributed by atoms with E-state index in [0.29, 0.717) is 17.9 Å². The van der Waals surface area contributed by atoms with Gasteiger partial charge < -0.3 is 9.47 Å². The van der Waals surface area contributed by atoms with Crippen LogP contribution in [0.25, 0.3) is 16.1 Å². The topological polar surface area (TPSA) is 63.7 Å². The van der Waals surface area contributed by atoms with Crippen molar-refractivity contribution < 1.29 is 14.3 Å². The maximum absolute atomic E-state index is 12.1. The molecular formula is C20H21N2O3+. The molecule has 3 rings (SSSR count). The van der Waals surface area contributed by atoms with Gasteiger partial charge in [0.05, 0.1) is 13.5 Å². The summed E-state index contributed by atoms with van der Waals surface area (Å²) in [5, 5.41) is 8.89. The fourth-order valence-electron chi connectivity index (χ4n) is 3.78. The normalized spacial score (nSPS) is 15.1. The summed E-state index contributed by atoms with van der Waals surface area (Å²) in [7, 11) is 1.65. The maximum Gasteiger partial charge on any atom is 0.385 e. The van der Waals surface area contributed by atoms with Gasteiger partial charge in [0.25, 0.3) is 0 Å². The summed E-state index contributed by atoms with van der Waals surface area (Å²) in [6, 6.07) is 7.17. The van der Waals surface area contributed by atoms with E-state index in [-0.39, 0.29) is 11.4 Å². The molecule has 0 bridgehead atoms. The molecule has 0 spiro atoms. The van der Waals surface area contributed by atoms with Gasteiger partial charge in [0, 0.05) is 34.2 Å². The van der Waals surface area contributed by atoms with E-state index in [0.717, 1.165) is 33.6 Å². The molecule has 0 radical (unpaired) electrons. The summed E-state index contributed by atoms with van der Waals surface area (Å²) in [5.74, 6) is 1.19. The average molecular weight is 337 g/mol. The second-order valence-corrected chi connectivity index (χ2v) is 7.04. The van der Waals surface area contributed by atoms with Crippen LogP contribution < -0.4 is 9.47 Å². The third kappa shape index (κ3) is 2.64. The van der Waals surface area contributed by atoms with Crippen LogP contribution in [0.5, 0.6) is 11.5 Å². The van der Waals surface area contributed by atoms with Crippen LogP contribution in [0.15, 0.2) is 24.3 Å². The zero-order valence-corrected chi connectivity index (χ0v) is 15.1. The fourth-order valence-corrected chi connectivity index (χ4v) is 3.78. The van der Waals surface area contributed by atoms with Crippen molar-refractivity contribution in [3.05, 3.63) is 45.9 Å². The minimum Gasteiger partial charge on any atom is -0.496 e. The van der Waals surface area contributed by atoms with E-state index in [1.165, 1.54) is 0 Å². The van der Waals surface area contributed by atoms with Crippen LogP contribution in [-0.2, 0) is 10.2 Å². The lowest BCUT2D eigenvalue weighted by molar-refractivity contribution is -0.137. The van der Waals surface area contributed by atoms with Gasteiger partial charge in [-0.2, -0.15) is 0 Å². The van der Waals surface area contributed by atoms with E-state index in [1.54, 1.807) is 19.2 Å².